The maximum Gasteiger partial charge on any atom is 0.140 e. The molecule has 0 aliphatic carbocycles. The van der Waals surface area contributed by atoms with E-state index in [-0.39, 0.29) is 0 Å². The predicted molar refractivity (Wildman–Crippen MR) is 82.6 cm³/mol. The second kappa shape index (κ2) is 5.10. The highest BCUT2D eigenvalue weighted by Gasteiger charge is 2.08. The molecule has 0 saturated carbocycles. The highest BCUT2D eigenvalue weighted by Crippen LogP contribution is 2.20. The van der Waals surface area contributed by atoms with Crippen LogP contribution in [0, 0.1) is 13.8 Å². The van der Waals surface area contributed by atoms with Gasteiger partial charge in [-0.25, -0.2) is 4.98 Å². The zero-order valence-corrected chi connectivity index (χ0v) is 11.9. The Morgan fingerprint density at radius 1 is 1.15 bits per heavy atom. The Bertz CT molecular complexity index is 756. The van der Waals surface area contributed by atoms with Gasteiger partial charge in [-0.2, -0.15) is 0 Å². The van der Waals surface area contributed by atoms with Gasteiger partial charge in [-0.15, -0.1) is 0 Å². The molecular weight excluding hydrogens is 246 g/mol. The molecule has 3 nitrogen and oxygen atoms in total. The summed E-state index contributed by atoms with van der Waals surface area (Å²) in [5.74, 6) is 0. The number of pyridine rings is 1. The van der Waals surface area contributed by atoms with Gasteiger partial charge in [0.1, 0.15) is 5.65 Å². The maximum absolute atomic E-state index is 5.83. The minimum Gasteiger partial charge on any atom is -0.328 e. The van der Waals surface area contributed by atoms with Gasteiger partial charge in [0.15, 0.2) is 0 Å². The van der Waals surface area contributed by atoms with Gasteiger partial charge in [0.2, 0.25) is 0 Å². The van der Waals surface area contributed by atoms with E-state index in [2.05, 4.69) is 53.9 Å². The summed E-state index contributed by atoms with van der Waals surface area (Å²) in [5.41, 5.74) is 11.9. The summed E-state index contributed by atoms with van der Waals surface area (Å²) >= 11 is 0. The fraction of sp³-hybridized carbons (Fsp3) is 0.235. The summed E-state index contributed by atoms with van der Waals surface area (Å²) in [6.45, 7) is 5.66. The first kappa shape index (κ1) is 12.9. The Morgan fingerprint density at radius 2 is 2.00 bits per heavy atom. The molecule has 0 radical (unpaired) electrons. The van der Waals surface area contributed by atoms with Crippen molar-refractivity contribution in [3.8, 4) is 0 Å². The van der Waals surface area contributed by atoms with Crippen LogP contribution in [-0.2, 0) is 13.1 Å². The molecular formula is C17H19N3. The van der Waals surface area contributed by atoms with Crippen molar-refractivity contribution in [2.24, 2.45) is 5.73 Å². The highest BCUT2D eigenvalue weighted by atomic mass is 15.0. The van der Waals surface area contributed by atoms with Gasteiger partial charge in [-0.05, 0) is 48.2 Å². The van der Waals surface area contributed by atoms with Crippen molar-refractivity contribution in [2.75, 3.05) is 0 Å². The highest BCUT2D eigenvalue weighted by molar-refractivity contribution is 5.80. The van der Waals surface area contributed by atoms with Gasteiger partial charge in [-0.3, -0.25) is 0 Å². The van der Waals surface area contributed by atoms with Crippen LogP contribution < -0.4 is 5.73 Å². The quantitative estimate of drug-likeness (QED) is 0.790. The van der Waals surface area contributed by atoms with Gasteiger partial charge in [0.05, 0.1) is 0 Å². The van der Waals surface area contributed by atoms with Crippen molar-refractivity contribution in [2.45, 2.75) is 26.9 Å². The number of hydrogen-bond acceptors (Lipinski definition) is 2. The first-order chi connectivity index (χ1) is 9.69. The molecule has 0 saturated heterocycles. The molecule has 2 N–H and O–H groups in total. The molecule has 0 spiro atoms. The third-order valence-corrected chi connectivity index (χ3v) is 3.86. The van der Waals surface area contributed by atoms with E-state index in [1.807, 2.05) is 12.3 Å². The van der Waals surface area contributed by atoms with Crippen molar-refractivity contribution in [1.82, 2.24) is 9.55 Å². The standard InChI is InChI=1S/C17H19N3/c1-12-5-6-14(8-13(12)2)10-20-11-15(9-18)16-4-3-7-19-17(16)20/h3-8,11H,9-10,18H2,1-2H3. The van der Waals surface area contributed by atoms with E-state index >= 15 is 0 Å². The van der Waals surface area contributed by atoms with Gasteiger partial charge in [0, 0.05) is 30.9 Å². The first-order valence-corrected chi connectivity index (χ1v) is 6.88. The van der Waals surface area contributed by atoms with E-state index in [1.165, 1.54) is 16.7 Å². The Labute approximate surface area is 119 Å². The van der Waals surface area contributed by atoms with Crippen LogP contribution >= 0.6 is 0 Å². The third-order valence-electron chi connectivity index (χ3n) is 3.86. The number of aryl methyl sites for hydroxylation is 2. The molecule has 2 aromatic heterocycles. The van der Waals surface area contributed by atoms with Crippen LogP contribution in [0.3, 0.4) is 0 Å². The number of hydrogen-bond donors (Lipinski definition) is 1. The van der Waals surface area contributed by atoms with Crippen LogP contribution in [0.1, 0.15) is 22.3 Å². The van der Waals surface area contributed by atoms with Crippen LogP contribution in [-0.4, -0.2) is 9.55 Å². The summed E-state index contributed by atoms with van der Waals surface area (Å²) < 4.78 is 2.18. The monoisotopic (exact) mass is 265 g/mol. The van der Waals surface area contributed by atoms with E-state index in [0.717, 1.165) is 23.1 Å². The minimum absolute atomic E-state index is 0.544. The Hall–Kier alpha value is -2.13. The smallest absolute Gasteiger partial charge is 0.140 e. The molecule has 3 rings (SSSR count). The molecule has 102 valence electrons. The van der Waals surface area contributed by atoms with Crippen LogP contribution in [0.15, 0.2) is 42.7 Å². The topological polar surface area (TPSA) is 43.8 Å². The summed E-state index contributed by atoms with van der Waals surface area (Å²) in [4.78, 5) is 4.49. The SMILES string of the molecule is Cc1ccc(Cn2cc(CN)c3cccnc32)cc1C. The molecule has 0 bridgehead atoms. The Morgan fingerprint density at radius 3 is 2.75 bits per heavy atom. The Kier molecular flexibility index (Phi) is 3.28. The molecule has 3 aromatic rings. The number of benzene rings is 1. The van der Waals surface area contributed by atoms with Crippen LogP contribution in [0.2, 0.25) is 0 Å². The fourth-order valence-corrected chi connectivity index (χ4v) is 2.58. The number of rotatable bonds is 3. The van der Waals surface area contributed by atoms with E-state index in [0.29, 0.717) is 6.54 Å². The van der Waals surface area contributed by atoms with Crippen molar-refractivity contribution in [3.63, 3.8) is 0 Å². The third kappa shape index (κ3) is 2.21. The van der Waals surface area contributed by atoms with Gasteiger partial charge in [-0.1, -0.05) is 18.2 Å². The maximum atomic E-state index is 5.83. The molecule has 0 atom stereocenters. The summed E-state index contributed by atoms with van der Waals surface area (Å²) in [5, 5.41) is 1.15. The number of aromatic nitrogens is 2. The number of nitrogens with two attached hydrogens (primary N) is 1. The van der Waals surface area contributed by atoms with Crippen LogP contribution in [0.4, 0.5) is 0 Å². The summed E-state index contributed by atoms with van der Waals surface area (Å²) in [6, 6.07) is 10.6. The largest absolute Gasteiger partial charge is 0.328 e. The zero-order valence-electron chi connectivity index (χ0n) is 11.9. The molecule has 0 aliphatic heterocycles. The molecule has 3 heteroatoms. The van der Waals surface area contributed by atoms with Gasteiger partial charge in [0.25, 0.3) is 0 Å². The molecule has 0 unspecified atom stereocenters. The lowest BCUT2D eigenvalue weighted by Gasteiger charge is -2.07. The average Bonchev–Trinajstić information content (AvgIpc) is 2.81. The second-order valence-electron chi connectivity index (χ2n) is 5.28. The number of nitrogens with zero attached hydrogens (tertiary/aromatic N) is 2. The van der Waals surface area contributed by atoms with Crippen LogP contribution in [0.25, 0.3) is 11.0 Å². The predicted octanol–water partition coefficient (Wildman–Crippen LogP) is 3.16. The molecule has 20 heavy (non-hydrogen) atoms. The van der Waals surface area contributed by atoms with Gasteiger partial charge < -0.3 is 10.3 Å². The van der Waals surface area contributed by atoms with Crippen molar-refractivity contribution < 1.29 is 0 Å². The zero-order chi connectivity index (χ0) is 14.1. The van der Waals surface area contributed by atoms with E-state index in [9.17, 15) is 0 Å². The minimum atomic E-state index is 0.544. The lowest BCUT2D eigenvalue weighted by molar-refractivity contribution is 0.817. The Balaban J connectivity index is 2.04. The molecule has 0 fully saturated rings. The summed E-state index contributed by atoms with van der Waals surface area (Å²) in [6.07, 6.45) is 3.95. The fourth-order valence-electron chi connectivity index (χ4n) is 2.58. The summed E-state index contributed by atoms with van der Waals surface area (Å²) in [7, 11) is 0. The lowest BCUT2D eigenvalue weighted by atomic mass is 10.1. The van der Waals surface area contributed by atoms with E-state index < -0.39 is 0 Å². The van der Waals surface area contributed by atoms with Crippen molar-refractivity contribution >= 4 is 11.0 Å². The molecule has 0 aliphatic rings. The average molecular weight is 265 g/mol. The van der Waals surface area contributed by atoms with Crippen molar-refractivity contribution in [1.29, 1.82) is 0 Å². The van der Waals surface area contributed by atoms with Gasteiger partial charge >= 0.3 is 0 Å². The number of fused-ring (bicyclic) bond motifs is 1. The first-order valence-electron chi connectivity index (χ1n) is 6.88. The molecule has 2 heterocycles. The molecule has 0 amide bonds. The van der Waals surface area contributed by atoms with Crippen LogP contribution in [0.5, 0.6) is 0 Å². The second-order valence-corrected chi connectivity index (χ2v) is 5.28. The van der Waals surface area contributed by atoms with Crippen molar-refractivity contribution in [3.05, 3.63) is 65.0 Å². The lowest BCUT2D eigenvalue weighted by Crippen LogP contribution is -2.00. The van der Waals surface area contributed by atoms with E-state index in [1.54, 1.807) is 0 Å². The van der Waals surface area contributed by atoms with E-state index in [4.69, 9.17) is 5.73 Å². The molecule has 1 aromatic carbocycles. The normalized spacial score (nSPS) is 11.2.